The largest absolute Gasteiger partial charge is 0.330 e. The second-order valence-electron chi connectivity index (χ2n) is 3.49. The van der Waals surface area contributed by atoms with Crippen LogP contribution >= 0.6 is 0 Å². The van der Waals surface area contributed by atoms with Crippen molar-refractivity contribution in [3.63, 3.8) is 0 Å². The molecule has 14 heavy (non-hydrogen) atoms. The first-order valence-corrected chi connectivity index (χ1v) is 5.26. The Morgan fingerprint density at radius 2 is 1.93 bits per heavy atom. The van der Waals surface area contributed by atoms with Crippen LogP contribution in [0.1, 0.15) is 30.9 Å². The molecule has 2 heteroatoms. The Kier molecular flexibility index (Phi) is 4.60. The van der Waals surface area contributed by atoms with E-state index in [0.717, 1.165) is 36.8 Å². The zero-order valence-electron chi connectivity index (χ0n) is 8.72. The average Bonchev–Trinajstić information content (AvgIpc) is 2.21. The first-order chi connectivity index (χ1) is 6.79. The van der Waals surface area contributed by atoms with Gasteiger partial charge in [-0.05, 0) is 43.4 Å². The lowest BCUT2D eigenvalue weighted by molar-refractivity contribution is 0.587. The van der Waals surface area contributed by atoms with Crippen LogP contribution in [0.4, 0.5) is 4.39 Å². The van der Waals surface area contributed by atoms with Crippen LogP contribution in [0.25, 0.3) is 0 Å². The van der Waals surface area contributed by atoms with Crippen molar-refractivity contribution in [1.82, 2.24) is 0 Å². The van der Waals surface area contributed by atoms with Gasteiger partial charge in [0.15, 0.2) is 0 Å². The molecule has 0 saturated carbocycles. The molecule has 2 N–H and O–H groups in total. The summed E-state index contributed by atoms with van der Waals surface area (Å²) >= 11 is 0. The highest BCUT2D eigenvalue weighted by atomic mass is 19.1. The first-order valence-electron chi connectivity index (χ1n) is 5.26. The Labute approximate surface area is 85.1 Å². The number of aryl methyl sites for hydroxylation is 2. The number of hydrogen-bond donors (Lipinski definition) is 1. The number of unbranched alkanes of at least 4 members (excludes halogenated alkanes) is 1. The number of hydrogen-bond acceptors (Lipinski definition) is 1. The third kappa shape index (κ3) is 2.81. The van der Waals surface area contributed by atoms with Gasteiger partial charge in [-0.15, -0.1) is 0 Å². The van der Waals surface area contributed by atoms with Crippen molar-refractivity contribution in [3.8, 4) is 0 Å². The van der Waals surface area contributed by atoms with Gasteiger partial charge in [-0.2, -0.15) is 0 Å². The van der Waals surface area contributed by atoms with Crippen molar-refractivity contribution in [3.05, 3.63) is 35.1 Å². The molecule has 0 saturated heterocycles. The molecular formula is C12H18FN. The number of halogens is 1. The third-order valence-corrected chi connectivity index (χ3v) is 2.44. The smallest absolute Gasteiger partial charge is 0.129 e. The normalized spacial score (nSPS) is 10.5. The molecule has 0 fully saturated rings. The Bertz CT molecular complexity index is 284. The van der Waals surface area contributed by atoms with Crippen LogP contribution < -0.4 is 5.73 Å². The van der Waals surface area contributed by atoms with E-state index in [9.17, 15) is 4.39 Å². The van der Waals surface area contributed by atoms with Crippen molar-refractivity contribution in [2.75, 3.05) is 6.54 Å². The van der Waals surface area contributed by atoms with Gasteiger partial charge in [-0.3, -0.25) is 0 Å². The summed E-state index contributed by atoms with van der Waals surface area (Å²) in [7, 11) is 0. The van der Waals surface area contributed by atoms with E-state index >= 15 is 0 Å². The molecule has 0 aliphatic heterocycles. The van der Waals surface area contributed by atoms with Gasteiger partial charge in [0.1, 0.15) is 5.82 Å². The summed E-state index contributed by atoms with van der Waals surface area (Å²) in [6.45, 7) is 2.66. The summed E-state index contributed by atoms with van der Waals surface area (Å²) in [6, 6.07) is 5.65. The summed E-state index contributed by atoms with van der Waals surface area (Å²) in [6.07, 6.45) is 3.50. The van der Waals surface area contributed by atoms with Crippen LogP contribution in [0.2, 0.25) is 0 Å². The van der Waals surface area contributed by atoms with Crippen LogP contribution in [0, 0.1) is 5.82 Å². The van der Waals surface area contributed by atoms with Crippen LogP contribution in [-0.4, -0.2) is 6.54 Å². The summed E-state index contributed by atoms with van der Waals surface area (Å²) in [5.74, 6) is -0.0213. The van der Waals surface area contributed by atoms with E-state index in [4.69, 9.17) is 5.73 Å². The molecule has 0 amide bonds. The monoisotopic (exact) mass is 195 g/mol. The minimum Gasteiger partial charge on any atom is -0.330 e. The molecule has 0 radical (unpaired) electrons. The lowest BCUT2D eigenvalue weighted by atomic mass is 10.0. The molecule has 0 aliphatic carbocycles. The Morgan fingerprint density at radius 3 is 2.57 bits per heavy atom. The maximum atomic E-state index is 13.7. The van der Waals surface area contributed by atoms with Crippen LogP contribution in [-0.2, 0) is 12.8 Å². The quantitative estimate of drug-likeness (QED) is 0.718. The third-order valence-electron chi connectivity index (χ3n) is 2.44. The van der Waals surface area contributed by atoms with E-state index in [-0.39, 0.29) is 5.82 Å². The maximum Gasteiger partial charge on any atom is 0.129 e. The molecule has 1 aromatic rings. The molecule has 1 aromatic carbocycles. The minimum atomic E-state index is -0.0213. The molecule has 1 nitrogen and oxygen atoms in total. The first kappa shape index (κ1) is 11.2. The molecule has 0 heterocycles. The van der Waals surface area contributed by atoms with Gasteiger partial charge >= 0.3 is 0 Å². The van der Waals surface area contributed by atoms with Crippen molar-refractivity contribution in [2.45, 2.75) is 32.6 Å². The fourth-order valence-corrected chi connectivity index (χ4v) is 1.56. The fraction of sp³-hybridized carbons (Fsp3) is 0.500. The predicted molar refractivity (Wildman–Crippen MR) is 57.8 cm³/mol. The molecule has 0 atom stereocenters. The summed E-state index contributed by atoms with van der Waals surface area (Å²) < 4.78 is 13.7. The minimum absolute atomic E-state index is 0.0213. The van der Waals surface area contributed by atoms with Gasteiger partial charge in [0.2, 0.25) is 0 Å². The highest BCUT2D eigenvalue weighted by Gasteiger charge is 2.05. The average molecular weight is 195 g/mol. The van der Waals surface area contributed by atoms with Crippen molar-refractivity contribution < 1.29 is 4.39 Å². The number of rotatable bonds is 5. The summed E-state index contributed by atoms with van der Waals surface area (Å²) in [4.78, 5) is 0. The highest BCUT2D eigenvalue weighted by Crippen LogP contribution is 2.15. The van der Waals surface area contributed by atoms with Crippen LogP contribution in [0.3, 0.4) is 0 Å². The lowest BCUT2D eigenvalue weighted by Crippen LogP contribution is -2.01. The molecular weight excluding hydrogens is 177 g/mol. The van der Waals surface area contributed by atoms with Gasteiger partial charge in [-0.1, -0.05) is 25.1 Å². The zero-order valence-corrected chi connectivity index (χ0v) is 8.72. The molecule has 0 unspecified atom stereocenters. The Hall–Kier alpha value is -0.890. The standard InChI is InChI=1S/C12H18FN/c1-2-10-7-5-8-11(12(10)13)6-3-4-9-14/h5,7-8H,2-4,6,9,14H2,1H3. The van der Waals surface area contributed by atoms with Crippen molar-refractivity contribution in [2.24, 2.45) is 5.73 Å². The SMILES string of the molecule is CCc1cccc(CCCCN)c1F. The van der Waals surface area contributed by atoms with Gasteiger partial charge in [0.05, 0.1) is 0 Å². The molecule has 0 aromatic heterocycles. The second kappa shape index (κ2) is 5.76. The highest BCUT2D eigenvalue weighted by molar-refractivity contribution is 5.26. The Morgan fingerprint density at radius 1 is 1.21 bits per heavy atom. The Balaban J connectivity index is 2.66. The van der Waals surface area contributed by atoms with E-state index in [1.807, 2.05) is 25.1 Å². The number of benzene rings is 1. The van der Waals surface area contributed by atoms with Crippen molar-refractivity contribution in [1.29, 1.82) is 0 Å². The summed E-state index contributed by atoms with van der Waals surface area (Å²) in [5, 5.41) is 0. The second-order valence-corrected chi connectivity index (χ2v) is 3.49. The number of nitrogens with two attached hydrogens (primary N) is 1. The van der Waals surface area contributed by atoms with E-state index in [2.05, 4.69) is 0 Å². The van der Waals surface area contributed by atoms with Gasteiger partial charge < -0.3 is 5.73 Å². The molecule has 0 aliphatic rings. The van der Waals surface area contributed by atoms with Crippen LogP contribution in [0.15, 0.2) is 18.2 Å². The molecule has 1 rings (SSSR count). The lowest BCUT2D eigenvalue weighted by Gasteiger charge is -2.06. The van der Waals surface area contributed by atoms with E-state index in [0.29, 0.717) is 6.54 Å². The van der Waals surface area contributed by atoms with E-state index in [1.165, 1.54) is 0 Å². The fourth-order valence-electron chi connectivity index (χ4n) is 1.56. The molecule has 0 spiro atoms. The van der Waals surface area contributed by atoms with Gasteiger partial charge in [-0.25, -0.2) is 4.39 Å². The molecule has 0 bridgehead atoms. The van der Waals surface area contributed by atoms with Gasteiger partial charge in [0, 0.05) is 0 Å². The summed E-state index contributed by atoms with van der Waals surface area (Å²) in [5.41, 5.74) is 7.04. The maximum absolute atomic E-state index is 13.7. The van der Waals surface area contributed by atoms with Crippen molar-refractivity contribution >= 4 is 0 Å². The topological polar surface area (TPSA) is 26.0 Å². The van der Waals surface area contributed by atoms with Crippen LogP contribution in [0.5, 0.6) is 0 Å². The van der Waals surface area contributed by atoms with E-state index < -0.39 is 0 Å². The van der Waals surface area contributed by atoms with E-state index in [1.54, 1.807) is 0 Å². The van der Waals surface area contributed by atoms with Gasteiger partial charge in [0.25, 0.3) is 0 Å². The predicted octanol–water partition coefficient (Wildman–Crippen LogP) is 2.67. The zero-order chi connectivity index (χ0) is 10.4. The molecule has 78 valence electrons.